The first-order valence-electron chi connectivity index (χ1n) is 8.94. The zero-order valence-electron chi connectivity index (χ0n) is 15.3. The maximum atomic E-state index is 13.5. The number of hydrogen-bond acceptors (Lipinski definition) is 4. The predicted molar refractivity (Wildman–Crippen MR) is 97.0 cm³/mol. The van der Waals surface area contributed by atoms with Crippen molar-refractivity contribution in [2.75, 3.05) is 20.7 Å². The highest BCUT2D eigenvalue weighted by Gasteiger charge is 2.27. The van der Waals surface area contributed by atoms with Crippen LogP contribution >= 0.6 is 0 Å². The molecule has 0 bridgehead atoms. The molecule has 8 heteroatoms. The smallest absolute Gasteiger partial charge is 0.247 e. The molecule has 0 saturated heterocycles. The van der Waals surface area contributed by atoms with E-state index in [0.29, 0.717) is 0 Å². The fraction of sp³-hybridized carbons (Fsp3) is 0.611. The van der Waals surface area contributed by atoms with Gasteiger partial charge >= 0.3 is 0 Å². The molecule has 1 aromatic carbocycles. The average Bonchev–Trinajstić information content (AvgIpc) is 2.57. The van der Waals surface area contributed by atoms with E-state index in [9.17, 15) is 17.6 Å². The minimum Gasteiger partial charge on any atom is -0.495 e. The Hall–Kier alpha value is -1.67. The molecule has 1 aliphatic carbocycles. The van der Waals surface area contributed by atoms with E-state index in [1.54, 1.807) is 0 Å². The van der Waals surface area contributed by atoms with Crippen LogP contribution in [-0.2, 0) is 14.8 Å². The molecular weight excluding hydrogens is 359 g/mol. The van der Waals surface area contributed by atoms with E-state index in [-0.39, 0.29) is 29.1 Å². The predicted octanol–water partition coefficient (Wildman–Crippen LogP) is 2.68. The molecule has 0 radical (unpaired) electrons. The Bertz CT molecular complexity index is 716. The van der Waals surface area contributed by atoms with Crippen LogP contribution in [0.1, 0.15) is 44.9 Å². The second-order valence-electron chi connectivity index (χ2n) is 6.67. The Labute approximate surface area is 154 Å². The van der Waals surface area contributed by atoms with Crippen LogP contribution in [0.3, 0.4) is 0 Å². The number of methoxy groups -OCH3 is 1. The normalized spacial score (nSPS) is 16.8. The molecule has 146 valence electrons. The minimum absolute atomic E-state index is 0.0404. The fourth-order valence-electron chi connectivity index (χ4n) is 3.18. The summed E-state index contributed by atoms with van der Waals surface area (Å²) in [4.78, 5) is 12.0. The molecule has 26 heavy (non-hydrogen) atoms. The van der Waals surface area contributed by atoms with Crippen LogP contribution in [0, 0.1) is 5.82 Å². The minimum atomic E-state index is -4.05. The van der Waals surface area contributed by atoms with Gasteiger partial charge in [0.1, 0.15) is 16.5 Å². The number of hydrogen-bond donors (Lipinski definition) is 1. The monoisotopic (exact) mass is 386 g/mol. The van der Waals surface area contributed by atoms with Gasteiger partial charge in [0.15, 0.2) is 0 Å². The van der Waals surface area contributed by atoms with E-state index < -0.39 is 15.8 Å². The van der Waals surface area contributed by atoms with Crippen LogP contribution in [0.25, 0.3) is 0 Å². The molecule has 0 atom stereocenters. The maximum Gasteiger partial charge on any atom is 0.247 e. The number of rotatable bonds is 6. The first kappa shape index (κ1) is 20.6. The van der Waals surface area contributed by atoms with Gasteiger partial charge in [0.05, 0.1) is 13.7 Å². The van der Waals surface area contributed by atoms with Gasteiger partial charge in [-0.2, -0.15) is 4.31 Å². The summed E-state index contributed by atoms with van der Waals surface area (Å²) >= 11 is 0. The molecule has 0 aliphatic heterocycles. The topological polar surface area (TPSA) is 75.7 Å². The lowest BCUT2D eigenvalue weighted by Gasteiger charge is -2.23. The van der Waals surface area contributed by atoms with Gasteiger partial charge in [-0.1, -0.05) is 32.1 Å². The Kier molecular flexibility index (Phi) is 7.40. The fourth-order valence-corrected chi connectivity index (χ4v) is 4.47. The molecule has 0 aromatic heterocycles. The standard InChI is InChI=1S/C18H27FN2O4S/c1-21(13-18(22)20-15-8-6-4-3-5-7-9-15)26(23,24)17-12-14(19)10-11-16(17)25-2/h10-12,15H,3-9,13H2,1-2H3,(H,20,22). The Morgan fingerprint density at radius 2 is 1.85 bits per heavy atom. The largest absolute Gasteiger partial charge is 0.495 e. The zero-order valence-corrected chi connectivity index (χ0v) is 16.1. The summed E-state index contributed by atoms with van der Waals surface area (Å²) in [6.07, 6.45) is 7.54. The number of carbonyl (C=O) groups is 1. The van der Waals surface area contributed by atoms with Gasteiger partial charge in [-0.05, 0) is 31.0 Å². The summed E-state index contributed by atoms with van der Waals surface area (Å²) in [7, 11) is -1.43. The number of amides is 1. The number of sulfonamides is 1. The lowest BCUT2D eigenvalue weighted by molar-refractivity contribution is -0.121. The summed E-state index contributed by atoms with van der Waals surface area (Å²) in [5.41, 5.74) is 0. The van der Waals surface area contributed by atoms with Crippen LogP contribution < -0.4 is 10.1 Å². The van der Waals surface area contributed by atoms with Crippen molar-refractivity contribution in [3.05, 3.63) is 24.0 Å². The highest BCUT2D eigenvalue weighted by Crippen LogP contribution is 2.26. The molecule has 1 N–H and O–H groups in total. The van der Waals surface area contributed by atoms with Crippen LogP contribution in [0.5, 0.6) is 5.75 Å². The summed E-state index contributed by atoms with van der Waals surface area (Å²) in [5, 5.41) is 2.93. The van der Waals surface area contributed by atoms with Crippen LogP contribution in [0.2, 0.25) is 0 Å². The van der Waals surface area contributed by atoms with Gasteiger partial charge in [-0.25, -0.2) is 12.8 Å². The zero-order chi connectivity index (χ0) is 19.2. The molecule has 1 saturated carbocycles. The van der Waals surface area contributed by atoms with Crippen molar-refractivity contribution in [1.29, 1.82) is 0 Å². The summed E-state index contributed by atoms with van der Waals surface area (Å²) in [5.74, 6) is -0.993. The number of nitrogens with one attached hydrogen (secondary N) is 1. The summed E-state index contributed by atoms with van der Waals surface area (Å²) < 4.78 is 44.8. The molecule has 0 spiro atoms. The van der Waals surface area contributed by atoms with E-state index in [0.717, 1.165) is 42.1 Å². The van der Waals surface area contributed by atoms with Gasteiger partial charge in [0, 0.05) is 13.1 Å². The number of halogens is 1. The van der Waals surface area contributed by atoms with E-state index in [1.807, 2.05) is 0 Å². The van der Waals surface area contributed by atoms with Crippen molar-refractivity contribution in [1.82, 2.24) is 9.62 Å². The summed E-state index contributed by atoms with van der Waals surface area (Å²) in [6, 6.07) is 3.36. The molecule has 2 rings (SSSR count). The van der Waals surface area contributed by atoms with Crippen molar-refractivity contribution in [3.8, 4) is 5.75 Å². The lowest BCUT2D eigenvalue weighted by Crippen LogP contribution is -2.43. The molecule has 1 amide bonds. The first-order valence-corrected chi connectivity index (χ1v) is 10.4. The number of benzene rings is 1. The van der Waals surface area contributed by atoms with Crippen molar-refractivity contribution in [2.45, 2.75) is 55.9 Å². The Morgan fingerprint density at radius 1 is 1.23 bits per heavy atom. The Balaban J connectivity index is 2.04. The Morgan fingerprint density at radius 3 is 2.46 bits per heavy atom. The van der Waals surface area contributed by atoms with Crippen molar-refractivity contribution >= 4 is 15.9 Å². The van der Waals surface area contributed by atoms with Gasteiger partial charge in [-0.15, -0.1) is 0 Å². The second-order valence-corrected chi connectivity index (χ2v) is 8.68. The van der Waals surface area contributed by atoms with E-state index >= 15 is 0 Å². The van der Waals surface area contributed by atoms with E-state index in [4.69, 9.17) is 4.74 Å². The van der Waals surface area contributed by atoms with Gasteiger partial charge in [0.2, 0.25) is 15.9 Å². The maximum absolute atomic E-state index is 13.5. The SMILES string of the molecule is COc1ccc(F)cc1S(=O)(=O)N(C)CC(=O)NC1CCCCCCC1. The number of likely N-dealkylation sites (N-methyl/N-ethyl adjacent to an activating group) is 1. The number of carbonyl (C=O) groups excluding carboxylic acids is 1. The van der Waals surface area contributed by atoms with E-state index in [2.05, 4.69) is 5.32 Å². The van der Waals surface area contributed by atoms with Crippen molar-refractivity contribution in [3.63, 3.8) is 0 Å². The van der Waals surface area contributed by atoms with Gasteiger partial charge < -0.3 is 10.1 Å². The average molecular weight is 386 g/mol. The van der Waals surface area contributed by atoms with E-state index in [1.165, 1.54) is 39.5 Å². The molecule has 6 nitrogen and oxygen atoms in total. The van der Waals surface area contributed by atoms with Crippen molar-refractivity contribution in [2.24, 2.45) is 0 Å². The summed E-state index contributed by atoms with van der Waals surface area (Å²) in [6.45, 7) is -0.321. The van der Waals surface area contributed by atoms with Crippen LogP contribution in [0.15, 0.2) is 23.1 Å². The van der Waals surface area contributed by atoms with Crippen LogP contribution in [0.4, 0.5) is 4.39 Å². The molecule has 1 fully saturated rings. The third-order valence-corrected chi connectivity index (χ3v) is 6.48. The second kappa shape index (κ2) is 9.32. The lowest BCUT2D eigenvalue weighted by atomic mass is 9.97. The molecule has 0 unspecified atom stereocenters. The molecule has 0 heterocycles. The molecule has 1 aliphatic rings. The third-order valence-electron chi connectivity index (χ3n) is 4.65. The van der Waals surface area contributed by atoms with Crippen molar-refractivity contribution < 1.29 is 22.3 Å². The third kappa shape index (κ3) is 5.41. The van der Waals surface area contributed by atoms with Crippen LogP contribution in [-0.4, -0.2) is 45.4 Å². The van der Waals surface area contributed by atoms with Gasteiger partial charge in [-0.3, -0.25) is 4.79 Å². The van der Waals surface area contributed by atoms with Gasteiger partial charge in [0.25, 0.3) is 0 Å². The highest BCUT2D eigenvalue weighted by atomic mass is 32.2. The first-order chi connectivity index (χ1) is 12.3. The molecule has 1 aromatic rings. The number of ether oxygens (including phenoxy) is 1. The quantitative estimate of drug-likeness (QED) is 0.816. The highest BCUT2D eigenvalue weighted by molar-refractivity contribution is 7.89. The molecular formula is C18H27FN2O4S. The number of nitrogens with zero attached hydrogens (tertiary/aromatic N) is 1.